The third-order valence-electron chi connectivity index (χ3n) is 2.71. The molecule has 0 spiro atoms. The van der Waals surface area contributed by atoms with Gasteiger partial charge in [0, 0.05) is 7.05 Å². The van der Waals surface area contributed by atoms with Gasteiger partial charge in [-0.15, -0.1) is 0 Å². The number of hydrogen-bond donors (Lipinski definition) is 2. The van der Waals surface area contributed by atoms with E-state index in [0.29, 0.717) is 5.76 Å². The largest absolute Gasteiger partial charge is 0.480 e. The maximum Gasteiger partial charge on any atom is 0.317 e. The Morgan fingerprint density at radius 2 is 1.90 bits per heavy atom. The minimum absolute atomic E-state index is 0.203. The van der Waals surface area contributed by atoms with E-state index in [1.54, 1.807) is 26.1 Å². The molecule has 1 rings (SSSR count). The van der Waals surface area contributed by atoms with Crippen LogP contribution in [0.25, 0.3) is 0 Å². The summed E-state index contributed by atoms with van der Waals surface area (Å²) in [5.74, 6) is -0.775. The van der Waals surface area contributed by atoms with E-state index in [1.807, 2.05) is 0 Å². The zero-order chi connectivity index (χ0) is 16.0. The molecule has 0 aliphatic carbocycles. The Labute approximate surface area is 122 Å². The third-order valence-corrected chi connectivity index (χ3v) is 2.71. The van der Waals surface area contributed by atoms with Crippen molar-refractivity contribution in [3.8, 4) is 0 Å². The van der Waals surface area contributed by atoms with Gasteiger partial charge in [0.15, 0.2) is 0 Å². The van der Waals surface area contributed by atoms with Gasteiger partial charge in [0.2, 0.25) is 11.8 Å². The molecule has 0 aromatic carbocycles. The Morgan fingerprint density at radius 3 is 2.38 bits per heavy atom. The van der Waals surface area contributed by atoms with Crippen molar-refractivity contribution in [2.24, 2.45) is 5.73 Å². The van der Waals surface area contributed by atoms with Crippen molar-refractivity contribution in [1.82, 2.24) is 9.80 Å². The van der Waals surface area contributed by atoms with Crippen molar-refractivity contribution >= 4 is 17.8 Å². The van der Waals surface area contributed by atoms with E-state index in [4.69, 9.17) is 15.3 Å². The number of carbonyl (C=O) groups is 3. The summed E-state index contributed by atoms with van der Waals surface area (Å²) in [5.41, 5.74) is 5.03. The van der Waals surface area contributed by atoms with Crippen molar-refractivity contribution in [3.63, 3.8) is 0 Å². The number of likely N-dealkylation sites (N-methyl/N-ethyl adjacent to an activating group) is 1. The number of rotatable bonds is 8. The Balaban J connectivity index is 2.58. The molecule has 1 aromatic rings. The topological polar surface area (TPSA) is 117 Å². The summed E-state index contributed by atoms with van der Waals surface area (Å²) in [5, 5.41) is 8.75. The lowest BCUT2D eigenvalue weighted by atomic mass is 10.3. The van der Waals surface area contributed by atoms with Gasteiger partial charge in [0.1, 0.15) is 11.5 Å². The first-order valence-electron chi connectivity index (χ1n) is 6.29. The number of carboxylic acids is 1. The first-order chi connectivity index (χ1) is 9.77. The van der Waals surface area contributed by atoms with Gasteiger partial charge in [-0.25, -0.2) is 0 Å². The van der Waals surface area contributed by atoms with Crippen LogP contribution in [0.2, 0.25) is 0 Å². The van der Waals surface area contributed by atoms with Crippen LogP contribution in [0.1, 0.15) is 11.5 Å². The fourth-order valence-electron chi connectivity index (χ4n) is 1.78. The van der Waals surface area contributed by atoms with E-state index < -0.39 is 18.4 Å². The number of nitrogens with two attached hydrogens (primary N) is 1. The SMILES string of the molecule is Cc1ccc(CN(C)C(=O)CN(CC(N)=O)CC(=O)O)o1. The Bertz CT molecular complexity index is 510. The average Bonchev–Trinajstić information content (AvgIpc) is 2.72. The van der Waals surface area contributed by atoms with Gasteiger partial charge in [-0.05, 0) is 19.1 Å². The van der Waals surface area contributed by atoms with E-state index in [-0.39, 0.29) is 25.5 Å². The maximum atomic E-state index is 12.0. The van der Waals surface area contributed by atoms with E-state index in [0.717, 1.165) is 5.76 Å². The second-order valence-corrected chi connectivity index (χ2v) is 4.77. The van der Waals surface area contributed by atoms with Crippen LogP contribution in [0.5, 0.6) is 0 Å². The molecule has 0 saturated carbocycles. The van der Waals surface area contributed by atoms with Crippen LogP contribution in [0.3, 0.4) is 0 Å². The second-order valence-electron chi connectivity index (χ2n) is 4.77. The number of primary amides is 1. The van der Waals surface area contributed by atoms with Gasteiger partial charge in [-0.3, -0.25) is 19.3 Å². The van der Waals surface area contributed by atoms with Crippen LogP contribution in [0.15, 0.2) is 16.5 Å². The third kappa shape index (κ3) is 6.09. The molecule has 8 heteroatoms. The van der Waals surface area contributed by atoms with Crippen LogP contribution in [0, 0.1) is 6.92 Å². The lowest BCUT2D eigenvalue weighted by Crippen LogP contribution is -2.44. The highest BCUT2D eigenvalue weighted by Gasteiger charge is 2.19. The monoisotopic (exact) mass is 297 g/mol. The van der Waals surface area contributed by atoms with Crippen LogP contribution < -0.4 is 5.73 Å². The minimum atomic E-state index is -1.13. The molecule has 1 aromatic heterocycles. The summed E-state index contributed by atoms with van der Waals surface area (Å²) in [6.07, 6.45) is 0. The summed E-state index contributed by atoms with van der Waals surface area (Å²) in [4.78, 5) is 36.2. The molecule has 0 saturated heterocycles. The highest BCUT2D eigenvalue weighted by molar-refractivity contribution is 5.81. The molecular formula is C13H19N3O5. The van der Waals surface area contributed by atoms with Crippen molar-refractivity contribution in [2.75, 3.05) is 26.7 Å². The molecule has 116 valence electrons. The average molecular weight is 297 g/mol. The van der Waals surface area contributed by atoms with Crippen molar-refractivity contribution < 1.29 is 23.9 Å². The molecule has 0 fully saturated rings. The smallest absolute Gasteiger partial charge is 0.317 e. The molecule has 0 aliphatic heterocycles. The Morgan fingerprint density at radius 1 is 1.24 bits per heavy atom. The van der Waals surface area contributed by atoms with Crippen LogP contribution in [-0.4, -0.2) is 59.4 Å². The quantitative estimate of drug-likeness (QED) is 0.663. The van der Waals surface area contributed by atoms with E-state index in [2.05, 4.69) is 0 Å². The Hall–Kier alpha value is -2.35. The highest BCUT2D eigenvalue weighted by Crippen LogP contribution is 2.08. The summed E-state index contributed by atoms with van der Waals surface area (Å²) < 4.78 is 5.36. The van der Waals surface area contributed by atoms with Crippen LogP contribution >= 0.6 is 0 Å². The van der Waals surface area contributed by atoms with Gasteiger partial charge < -0.3 is 20.2 Å². The number of amides is 2. The summed E-state index contributed by atoms with van der Waals surface area (Å²) >= 11 is 0. The fraction of sp³-hybridized carbons (Fsp3) is 0.462. The number of carbonyl (C=O) groups excluding carboxylic acids is 2. The first kappa shape index (κ1) is 16.7. The van der Waals surface area contributed by atoms with Gasteiger partial charge in [-0.2, -0.15) is 0 Å². The second kappa shape index (κ2) is 7.44. The van der Waals surface area contributed by atoms with Crippen molar-refractivity contribution in [2.45, 2.75) is 13.5 Å². The molecule has 0 atom stereocenters. The standard InChI is InChI=1S/C13H19N3O5/c1-9-3-4-10(21-9)5-15(2)12(18)7-16(6-11(14)17)8-13(19)20/h3-4H,5-8H2,1-2H3,(H2,14,17)(H,19,20). The summed E-state index contributed by atoms with van der Waals surface area (Å²) in [6.45, 7) is 1.15. The molecule has 0 unspecified atom stereocenters. The predicted octanol–water partition coefficient (Wildman–Crippen LogP) is -0.582. The molecule has 0 radical (unpaired) electrons. The number of nitrogens with zero attached hydrogens (tertiary/aromatic N) is 2. The van der Waals surface area contributed by atoms with Crippen LogP contribution in [0.4, 0.5) is 0 Å². The van der Waals surface area contributed by atoms with Crippen LogP contribution in [-0.2, 0) is 20.9 Å². The number of aliphatic carboxylic acids is 1. The molecule has 0 aliphatic rings. The van der Waals surface area contributed by atoms with Gasteiger partial charge in [0.25, 0.3) is 0 Å². The van der Waals surface area contributed by atoms with E-state index >= 15 is 0 Å². The molecule has 3 N–H and O–H groups in total. The normalized spacial score (nSPS) is 10.6. The Kier molecular flexibility index (Phi) is 5.92. The molecule has 0 bridgehead atoms. The fourth-order valence-corrected chi connectivity index (χ4v) is 1.78. The number of hydrogen-bond acceptors (Lipinski definition) is 5. The molecule has 8 nitrogen and oxygen atoms in total. The maximum absolute atomic E-state index is 12.0. The molecule has 21 heavy (non-hydrogen) atoms. The zero-order valence-corrected chi connectivity index (χ0v) is 12.0. The zero-order valence-electron chi connectivity index (χ0n) is 12.0. The van der Waals surface area contributed by atoms with Gasteiger partial charge in [-0.1, -0.05) is 0 Å². The number of aryl methyl sites for hydroxylation is 1. The first-order valence-corrected chi connectivity index (χ1v) is 6.29. The predicted molar refractivity (Wildman–Crippen MR) is 73.2 cm³/mol. The lowest BCUT2D eigenvalue weighted by Gasteiger charge is -2.22. The van der Waals surface area contributed by atoms with E-state index in [1.165, 1.54) is 9.80 Å². The van der Waals surface area contributed by atoms with E-state index in [9.17, 15) is 14.4 Å². The molecular weight excluding hydrogens is 278 g/mol. The minimum Gasteiger partial charge on any atom is -0.480 e. The molecule has 1 heterocycles. The van der Waals surface area contributed by atoms with Crippen molar-refractivity contribution in [3.05, 3.63) is 23.7 Å². The summed E-state index contributed by atoms with van der Waals surface area (Å²) in [7, 11) is 1.57. The number of carboxylic acid groups (broad SMARTS) is 1. The summed E-state index contributed by atoms with van der Waals surface area (Å²) in [6, 6.07) is 3.55. The van der Waals surface area contributed by atoms with Gasteiger partial charge >= 0.3 is 5.97 Å². The van der Waals surface area contributed by atoms with Gasteiger partial charge in [0.05, 0.1) is 26.2 Å². The highest BCUT2D eigenvalue weighted by atomic mass is 16.4. The number of furan rings is 1. The molecule has 2 amide bonds. The lowest BCUT2D eigenvalue weighted by molar-refractivity contribution is -0.140. The van der Waals surface area contributed by atoms with Crippen molar-refractivity contribution in [1.29, 1.82) is 0 Å².